The number of rotatable bonds is 4. The van der Waals surface area contributed by atoms with Crippen molar-refractivity contribution >= 4 is 17.3 Å². The highest BCUT2D eigenvalue weighted by atomic mass is 16.1. The summed E-state index contributed by atoms with van der Waals surface area (Å²) in [6.45, 7) is 0. The van der Waals surface area contributed by atoms with Gasteiger partial charge in [0, 0.05) is 0 Å². The maximum atomic E-state index is 12.7. The van der Waals surface area contributed by atoms with Crippen LogP contribution in [0.25, 0.3) is 28.0 Å². The van der Waals surface area contributed by atoms with Gasteiger partial charge in [-0.25, -0.2) is 4.99 Å². The Balaban J connectivity index is 1.25. The molecule has 1 N–H and O–H groups in total. The zero-order valence-corrected chi connectivity index (χ0v) is 17.3. The Morgan fingerprint density at radius 1 is 0.531 bits per heavy atom. The monoisotopic (exact) mass is 412 g/mol. The van der Waals surface area contributed by atoms with Gasteiger partial charge in [-0.3, -0.25) is 4.79 Å². The Hall–Kier alpha value is -4.24. The third kappa shape index (κ3) is 3.07. The van der Waals surface area contributed by atoms with Crippen molar-refractivity contribution in [2.24, 2.45) is 4.99 Å². The number of carbonyl (C=O) groups excluding carboxylic acids is 1. The van der Waals surface area contributed by atoms with Crippen molar-refractivity contribution in [1.82, 2.24) is 5.32 Å². The van der Waals surface area contributed by atoms with Gasteiger partial charge in [-0.15, -0.1) is 0 Å². The van der Waals surface area contributed by atoms with Crippen LogP contribution in [0.3, 0.4) is 0 Å². The number of nitrogens with one attached hydrogen (secondary N) is 1. The highest BCUT2D eigenvalue weighted by molar-refractivity contribution is 6.28. The van der Waals surface area contributed by atoms with E-state index in [0.29, 0.717) is 0 Å². The lowest BCUT2D eigenvalue weighted by atomic mass is 9.88. The molecule has 1 unspecified atom stereocenters. The van der Waals surface area contributed by atoms with Gasteiger partial charge < -0.3 is 5.32 Å². The molecule has 4 aromatic rings. The van der Waals surface area contributed by atoms with Gasteiger partial charge in [0.1, 0.15) is 6.04 Å². The van der Waals surface area contributed by atoms with Crippen LogP contribution in [0.2, 0.25) is 0 Å². The van der Waals surface area contributed by atoms with Crippen molar-refractivity contribution in [2.45, 2.75) is 6.04 Å². The fourth-order valence-corrected chi connectivity index (χ4v) is 4.42. The van der Waals surface area contributed by atoms with Crippen LogP contribution in [0.5, 0.6) is 0 Å². The van der Waals surface area contributed by atoms with Gasteiger partial charge in [-0.05, 0) is 33.4 Å². The summed E-state index contributed by atoms with van der Waals surface area (Å²) >= 11 is 0. The van der Waals surface area contributed by atoms with Gasteiger partial charge in [-0.2, -0.15) is 0 Å². The van der Waals surface area contributed by atoms with Gasteiger partial charge in [0.25, 0.3) is 5.91 Å². The quantitative estimate of drug-likeness (QED) is 0.465. The second-order valence-electron chi connectivity index (χ2n) is 8.05. The predicted molar refractivity (Wildman–Crippen MR) is 129 cm³/mol. The van der Waals surface area contributed by atoms with E-state index in [4.69, 9.17) is 0 Å². The molecule has 0 radical (unpaired) electrons. The van der Waals surface area contributed by atoms with Crippen molar-refractivity contribution in [1.29, 1.82) is 0 Å². The Labute approximate surface area is 186 Å². The summed E-state index contributed by atoms with van der Waals surface area (Å²) in [5, 5.41) is 3.47. The lowest BCUT2D eigenvalue weighted by Crippen LogP contribution is -2.45. The van der Waals surface area contributed by atoms with E-state index in [1.54, 1.807) is 0 Å². The summed E-state index contributed by atoms with van der Waals surface area (Å²) in [5.74, 6) is -0.141. The molecular weight excluding hydrogens is 392 g/mol. The second kappa shape index (κ2) is 7.47. The van der Waals surface area contributed by atoms with Crippen molar-refractivity contribution in [3.05, 3.63) is 126 Å². The smallest absolute Gasteiger partial charge is 0.277 e. The van der Waals surface area contributed by atoms with Crippen molar-refractivity contribution < 1.29 is 4.79 Å². The number of hydrogen-bond acceptors (Lipinski definition) is 2. The van der Waals surface area contributed by atoms with Crippen LogP contribution in [0.15, 0.2) is 120 Å². The van der Waals surface area contributed by atoms with Crippen LogP contribution < -0.4 is 5.32 Å². The van der Waals surface area contributed by atoms with Crippen LogP contribution >= 0.6 is 0 Å². The minimum absolute atomic E-state index is 0.131. The molecule has 152 valence electrons. The Bertz CT molecular complexity index is 1370. The molecule has 0 saturated carbocycles. The predicted octanol–water partition coefficient (Wildman–Crippen LogP) is 5.73. The molecule has 2 aliphatic rings. The van der Waals surface area contributed by atoms with E-state index in [2.05, 4.69) is 71.0 Å². The Morgan fingerprint density at radius 3 is 1.50 bits per heavy atom. The number of benzene rings is 4. The molecule has 6 rings (SSSR count). The summed E-state index contributed by atoms with van der Waals surface area (Å²) in [4.78, 5) is 17.1. The zero-order valence-electron chi connectivity index (χ0n) is 17.3. The van der Waals surface area contributed by atoms with Gasteiger partial charge in [-0.1, -0.05) is 109 Å². The highest BCUT2D eigenvalue weighted by Crippen LogP contribution is 2.36. The molecule has 2 heterocycles. The number of nitrogens with zero attached hydrogens (tertiary/aromatic N) is 1. The molecule has 0 spiro atoms. The van der Waals surface area contributed by atoms with E-state index in [0.717, 1.165) is 39.2 Å². The molecule has 1 atom stereocenters. The van der Waals surface area contributed by atoms with Crippen molar-refractivity contribution in [3.8, 4) is 22.3 Å². The number of amides is 1. The average molecular weight is 412 g/mol. The molecule has 3 heteroatoms. The van der Waals surface area contributed by atoms with E-state index < -0.39 is 0 Å². The SMILES string of the molecule is O=C1N=C(c2ccc(-c3ccccc3)cc2)C2NC(c3ccc(-c4ccccc4)cc3)=C12. The topological polar surface area (TPSA) is 41.5 Å². The minimum Gasteiger partial charge on any atom is -0.372 e. The molecule has 1 amide bonds. The van der Waals surface area contributed by atoms with Crippen LogP contribution in [0.1, 0.15) is 11.1 Å². The molecule has 0 aromatic heterocycles. The number of hydrogen-bond donors (Lipinski definition) is 1. The molecule has 0 fully saturated rings. The van der Waals surface area contributed by atoms with Gasteiger partial charge in [0.15, 0.2) is 0 Å². The van der Waals surface area contributed by atoms with Crippen LogP contribution in [0, 0.1) is 0 Å². The second-order valence-corrected chi connectivity index (χ2v) is 8.05. The summed E-state index contributed by atoms with van der Waals surface area (Å²) < 4.78 is 0. The molecule has 0 saturated heterocycles. The van der Waals surface area contributed by atoms with Gasteiger partial charge >= 0.3 is 0 Å². The summed E-state index contributed by atoms with van der Waals surface area (Å²) in [6.07, 6.45) is 0. The third-order valence-corrected chi connectivity index (χ3v) is 6.14. The maximum Gasteiger partial charge on any atom is 0.277 e. The summed E-state index contributed by atoms with van der Waals surface area (Å²) in [7, 11) is 0. The van der Waals surface area contributed by atoms with E-state index in [1.807, 2.05) is 48.5 Å². The summed E-state index contributed by atoms with van der Waals surface area (Å²) in [6, 6.07) is 37.0. The average Bonchev–Trinajstić information content (AvgIpc) is 3.10. The molecule has 32 heavy (non-hydrogen) atoms. The van der Waals surface area contributed by atoms with E-state index in [1.165, 1.54) is 11.1 Å². The fourth-order valence-electron chi connectivity index (χ4n) is 4.42. The first-order valence-corrected chi connectivity index (χ1v) is 10.7. The first kappa shape index (κ1) is 18.5. The van der Waals surface area contributed by atoms with E-state index in [-0.39, 0.29) is 11.9 Å². The highest BCUT2D eigenvalue weighted by Gasteiger charge is 2.43. The first-order chi connectivity index (χ1) is 15.8. The lowest BCUT2D eigenvalue weighted by Gasteiger charge is -2.31. The normalized spacial score (nSPS) is 16.8. The molecule has 0 bridgehead atoms. The van der Waals surface area contributed by atoms with E-state index in [9.17, 15) is 4.79 Å². The van der Waals surface area contributed by atoms with E-state index >= 15 is 0 Å². The van der Waals surface area contributed by atoms with Crippen LogP contribution in [-0.2, 0) is 4.79 Å². The molecule has 3 nitrogen and oxygen atoms in total. The maximum absolute atomic E-state index is 12.7. The minimum atomic E-state index is -0.141. The fraction of sp³-hybridized carbons (Fsp3) is 0.0345. The Kier molecular flexibility index (Phi) is 4.32. The van der Waals surface area contributed by atoms with Crippen LogP contribution in [-0.4, -0.2) is 17.7 Å². The molecular formula is C29H20N2O. The first-order valence-electron chi connectivity index (χ1n) is 10.7. The standard InChI is InChI=1S/C29H20N2O/c32-29-25-26(23-15-11-21(12-16-23)19-7-3-1-4-8-19)30-28(25)27(31-29)24-17-13-22(14-18-24)20-9-5-2-6-10-20/h1-18,28,30H. The van der Waals surface area contributed by atoms with Gasteiger partial charge in [0.05, 0.1) is 17.0 Å². The number of aliphatic imine (C=N–C) groups is 1. The van der Waals surface area contributed by atoms with Gasteiger partial charge in [0.2, 0.25) is 0 Å². The summed E-state index contributed by atoms with van der Waals surface area (Å²) in [5.41, 5.74) is 9.10. The third-order valence-electron chi connectivity index (χ3n) is 6.14. The largest absolute Gasteiger partial charge is 0.372 e. The molecule has 2 aliphatic heterocycles. The van der Waals surface area contributed by atoms with Crippen LogP contribution in [0.4, 0.5) is 0 Å². The Morgan fingerprint density at radius 2 is 0.969 bits per heavy atom. The molecule has 0 aliphatic carbocycles. The number of carbonyl (C=O) groups is 1. The number of fused-ring (bicyclic) bond motifs is 1. The van der Waals surface area contributed by atoms with Crippen molar-refractivity contribution in [3.63, 3.8) is 0 Å². The molecule has 4 aromatic carbocycles. The zero-order chi connectivity index (χ0) is 21.5. The lowest BCUT2D eigenvalue weighted by molar-refractivity contribution is -0.114. The van der Waals surface area contributed by atoms with Crippen molar-refractivity contribution in [2.75, 3.05) is 0 Å².